The van der Waals surface area contributed by atoms with E-state index in [0.717, 1.165) is 18.5 Å². The first-order valence-electron chi connectivity index (χ1n) is 12.2. The molecule has 3 aliphatic rings. The van der Waals surface area contributed by atoms with Crippen LogP contribution in [0.2, 0.25) is 0 Å². The molecule has 0 radical (unpaired) electrons. The van der Waals surface area contributed by atoms with Crippen molar-refractivity contribution in [1.29, 1.82) is 0 Å². The molecule has 3 atom stereocenters. The minimum atomic E-state index is -2.79. The van der Waals surface area contributed by atoms with Gasteiger partial charge in [0.05, 0.1) is 17.9 Å². The molecule has 1 aliphatic heterocycles. The van der Waals surface area contributed by atoms with Crippen LogP contribution in [0.4, 0.5) is 8.78 Å². The fourth-order valence-corrected chi connectivity index (χ4v) is 5.11. The van der Waals surface area contributed by atoms with Gasteiger partial charge in [0.25, 0.3) is 0 Å². The van der Waals surface area contributed by atoms with Gasteiger partial charge in [-0.15, -0.1) is 5.10 Å². The van der Waals surface area contributed by atoms with Crippen LogP contribution in [0, 0.1) is 5.41 Å². The highest BCUT2D eigenvalue weighted by Crippen LogP contribution is 2.40. The molecule has 0 spiro atoms. The summed E-state index contributed by atoms with van der Waals surface area (Å²) in [6.07, 6.45) is 4.76. The predicted molar refractivity (Wildman–Crippen MR) is 118 cm³/mol. The average Bonchev–Trinajstić information content (AvgIpc) is 3.35. The van der Waals surface area contributed by atoms with Crippen LogP contribution in [0.3, 0.4) is 0 Å². The van der Waals surface area contributed by atoms with Gasteiger partial charge in [-0.1, -0.05) is 26.0 Å². The van der Waals surface area contributed by atoms with E-state index in [4.69, 9.17) is 0 Å². The number of carbonyl (C=O) groups excluding carboxylic acids is 2. The van der Waals surface area contributed by atoms with Crippen molar-refractivity contribution in [3.63, 3.8) is 0 Å². The van der Waals surface area contributed by atoms with Crippen LogP contribution in [0.1, 0.15) is 83.4 Å². The highest BCUT2D eigenvalue weighted by atomic mass is 19.3. The van der Waals surface area contributed by atoms with E-state index >= 15 is 0 Å². The second kappa shape index (κ2) is 9.85. The minimum absolute atomic E-state index is 0.0721. The Morgan fingerprint density at radius 1 is 1.18 bits per heavy atom. The number of rotatable bonds is 7. The van der Waals surface area contributed by atoms with Gasteiger partial charge in [-0.2, -0.15) is 8.78 Å². The molecule has 0 bridgehead atoms. The summed E-state index contributed by atoms with van der Waals surface area (Å²) < 4.78 is 31.1. The van der Waals surface area contributed by atoms with Gasteiger partial charge < -0.3 is 20.1 Å². The second-order valence-electron chi connectivity index (χ2n) is 10.9. The molecule has 3 fully saturated rings. The van der Waals surface area contributed by atoms with Crippen LogP contribution in [0.5, 0.6) is 0 Å². The lowest BCUT2D eigenvalue weighted by Crippen LogP contribution is -2.52. The molecule has 34 heavy (non-hydrogen) atoms. The van der Waals surface area contributed by atoms with Crippen molar-refractivity contribution in [2.24, 2.45) is 5.41 Å². The number of likely N-dealkylation sites (tertiary alicyclic amines) is 1. The smallest absolute Gasteiger partial charge is 0.345 e. The highest BCUT2D eigenvalue weighted by molar-refractivity contribution is 5.90. The van der Waals surface area contributed by atoms with E-state index in [9.17, 15) is 23.5 Å². The highest BCUT2D eigenvalue weighted by Gasteiger charge is 2.46. The standard InChI is InChI=1S/C23H35F2N5O4/c1-23(2,3)19(30-12-17(27-28-30)13-4-5-13)21(33)29-11-15(31)10-18(29)20(32)26-14-6-8-16(9-7-14)34-22(24)25/h12-16,18-19,22,31H,4-11H2,1-3H3,(H,26,32)/t14?,15-,16?,18+,19-/m1/s1. The molecule has 0 aromatic carbocycles. The normalized spacial score (nSPS) is 28.9. The van der Waals surface area contributed by atoms with Gasteiger partial charge in [0.2, 0.25) is 11.8 Å². The SMILES string of the molecule is CC(C)(C)[C@@H](C(=O)N1C[C@H](O)C[C@H]1C(=O)NC1CCC(OC(F)F)CC1)n1cc(C2CC2)nn1. The number of aliphatic hydroxyl groups is 1. The maximum Gasteiger partial charge on any atom is 0.345 e. The molecule has 190 valence electrons. The summed E-state index contributed by atoms with van der Waals surface area (Å²) in [6, 6.07) is -1.64. The number of halogens is 2. The third kappa shape index (κ3) is 5.73. The lowest BCUT2D eigenvalue weighted by atomic mass is 9.85. The molecule has 2 saturated carbocycles. The summed E-state index contributed by atoms with van der Waals surface area (Å²) >= 11 is 0. The number of hydrogen-bond donors (Lipinski definition) is 2. The summed E-state index contributed by atoms with van der Waals surface area (Å²) in [6.45, 7) is 3.10. The largest absolute Gasteiger partial charge is 0.391 e. The van der Waals surface area contributed by atoms with Crippen LogP contribution >= 0.6 is 0 Å². The molecule has 11 heteroatoms. The van der Waals surface area contributed by atoms with Gasteiger partial charge in [-0.05, 0) is 43.9 Å². The molecule has 2 heterocycles. The van der Waals surface area contributed by atoms with Crippen molar-refractivity contribution < 1.29 is 28.2 Å². The predicted octanol–water partition coefficient (Wildman–Crippen LogP) is 2.37. The number of ether oxygens (including phenoxy) is 1. The van der Waals surface area contributed by atoms with Crippen molar-refractivity contribution >= 4 is 11.8 Å². The monoisotopic (exact) mass is 483 g/mol. The molecule has 0 unspecified atom stereocenters. The molecule has 1 saturated heterocycles. The average molecular weight is 484 g/mol. The Morgan fingerprint density at radius 3 is 2.44 bits per heavy atom. The summed E-state index contributed by atoms with van der Waals surface area (Å²) in [5.74, 6) is -0.198. The van der Waals surface area contributed by atoms with E-state index < -0.39 is 36.3 Å². The van der Waals surface area contributed by atoms with Gasteiger partial charge in [0.15, 0.2) is 0 Å². The summed E-state index contributed by atoms with van der Waals surface area (Å²) in [5.41, 5.74) is 0.382. The Morgan fingerprint density at radius 2 is 1.85 bits per heavy atom. The molecule has 2 amide bonds. The van der Waals surface area contributed by atoms with Crippen LogP contribution in [-0.4, -0.2) is 74.3 Å². The van der Waals surface area contributed by atoms with Gasteiger partial charge in [0.1, 0.15) is 12.1 Å². The number of alkyl halides is 2. The number of β-amino-alcohol motifs (C(OH)–C–C–N with tert-alkyl or cyclic N) is 1. The summed E-state index contributed by atoms with van der Waals surface area (Å²) in [7, 11) is 0. The maximum atomic E-state index is 13.7. The summed E-state index contributed by atoms with van der Waals surface area (Å²) in [5, 5.41) is 21.8. The molecule has 1 aromatic heterocycles. The summed E-state index contributed by atoms with van der Waals surface area (Å²) in [4.78, 5) is 28.3. The number of nitrogens with one attached hydrogen (secondary N) is 1. The molecular formula is C23H35F2N5O4. The Balaban J connectivity index is 1.44. The molecule has 9 nitrogen and oxygen atoms in total. The second-order valence-corrected chi connectivity index (χ2v) is 10.9. The first-order chi connectivity index (χ1) is 16.0. The number of carbonyl (C=O) groups is 2. The van der Waals surface area contributed by atoms with Crippen LogP contribution in [0.15, 0.2) is 6.20 Å². The zero-order chi connectivity index (χ0) is 24.6. The number of hydrogen-bond acceptors (Lipinski definition) is 6. The topological polar surface area (TPSA) is 110 Å². The van der Waals surface area contributed by atoms with Crippen molar-refractivity contribution in [1.82, 2.24) is 25.2 Å². The molecule has 2 N–H and O–H groups in total. The lowest BCUT2D eigenvalue weighted by molar-refractivity contribution is -0.170. The third-order valence-corrected chi connectivity index (χ3v) is 7.02. The van der Waals surface area contributed by atoms with E-state index in [2.05, 4.69) is 20.4 Å². The van der Waals surface area contributed by atoms with E-state index in [1.807, 2.05) is 27.0 Å². The van der Waals surface area contributed by atoms with Gasteiger partial charge in [0, 0.05) is 31.1 Å². The van der Waals surface area contributed by atoms with E-state index in [1.165, 1.54) is 4.90 Å². The van der Waals surface area contributed by atoms with Crippen molar-refractivity contribution in [2.45, 2.75) is 109 Å². The van der Waals surface area contributed by atoms with Gasteiger partial charge in [-0.3, -0.25) is 9.59 Å². The number of aromatic nitrogens is 3. The quantitative estimate of drug-likeness (QED) is 0.616. The van der Waals surface area contributed by atoms with Gasteiger partial charge >= 0.3 is 6.61 Å². The van der Waals surface area contributed by atoms with Crippen molar-refractivity contribution in [3.05, 3.63) is 11.9 Å². The molecule has 1 aromatic rings. The van der Waals surface area contributed by atoms with Crippen LogP contribution < -0.4 is 5.32 Å². The van der Waals surface area contributed by atoms with E-state index in [1.54, 1.807) is 4.68 Å². The third-order valence-electron chi connectivity index (χ3n) is 7.02. The van der Waals surface area contributed by atoms with Crippen LogP contribution in [-0.2, 0) is 14.3 Å². The van der Waals surface area contributed by atoms with Crippen molar-refractivity contribution in [3.8, 4) is 0 Å². The minimum Gasteiger partial charge on any atom is -0.391 e. The Kier molecular flexibility index (Phi) is 7.23. The van der Waals surface area contributed by atoms with Crippen LogP contribution in [0.25, 0.3) is 0 Å². The number of amides is 2. The van der Waals surface area contributed by atoms with Crippen molar-refractivity contribution in [2.75, 3.05) is 6.54 Å². The number of nitrogens with zero attached hydrogens (tertiary/aromatic N) is 4. The zero-order valence-corrected chi connectivity index (χ0v) is 20.0. The first-order valence-corrected chi connectivity index (χ1v) is 12.2. The fourth-order valence-electron chi connectivity index (χ4n) is 5.11. The maximum absolute atomic E-state index is 13.7. The Labute approximate surface area is 198 Å². The Hall–Kier alpha value is -2.14. The number of aliphatic hydroxyl groups excluding tert-OH is 1. The Bertz CT molecular complexity index is 877. The van der Waals surface area contributed by atoms with E-state index in [0.29, 0.717) is 31.6 Å². The first kappa shape index (κ1) is 25.0. The molecular weight excluding hydrogens is 448 g/mol. The molecule has 2 aliphatic carbocycles. The van der Waals surface area contributed by atoms with Gasteiger partial charge in [-0.25, -0.2) is 4.68 Å². The lowest BCUT2D eigenvalue weighted by Gasteiger charge is -2.35. The van der Waals surface area contributed by atoms with E-state index in [-0.39, 0.29) is 30.8 Å². The fraction of sp³-hybridized carbons (Fsp3) is 0.826. The molecule has 4 rings (SSSR count). The zero-order valence-electron chi connectivity index (χ0n) is 20.0.